The van der Waals surface area contributed by atoms with Gasteiger partial charge in [0.1, 0.15) is 11.6 Å². The topological polar surface area (TPSA) is 44.7 Å². The molecule has 0 bridgehead atoms. The van der Waals surface area contributed by atoms with E-state index in [9.17, 15) is 13.9 Å². The van der Waals surface area contributed by atoms with Crippen molar-refractivity contribution in [3.8, 4) is 0 Å². The number of hydrogen-bond acceptors (Lipinski definition) is 4. The molecule has 0 amide bonds. The minimum Gasteiger partial charge on any atom is -0.390 e. The third-order valence-corrected chi connectivity index (χ3v) is 4.90. The van der Waals surface area contributed by atoms with Crippen LogP contribution >= 0.6 is 0 Å². The van der Waals surface area contributed by atoms with Crippen molar-refractivity contribution in [1.29, 1.82) is 0 Å². The number of ether oxygens (including phenoxy) is 1. The second-order valence-electron chi connectivity index (χ2n) is 6.51. The number of rotatable bonds is 6. The molecule has 1 unspecified atom stereocenters. The second kappa shape index (κ2) is 7.21. The molecule has 1 aromatic rings. The van der Waals surface area contributed by atoms with Gasteiger partial charge < -0.3 is 15.2 Å². The molecular weight excluding hydrogens is 302 g/mol. The van der Waals surface area contributed by atoms with E-state index in [4.69, 9.17) is 4.74 Å². The van der Waals surface area contributed by atoms with Gasteiger partial charge in [0.05, 0.1) is 19.3 Å². The Hall–Kier alpha value is -1.08. The molecule has 0 spiro atoms. The zero-order chi connectivity index (χ0) is 16.3. The quantitative estimate of drug-likeness (QED) is 0.834. The van der Waals surface area contributed by atoms with E-state index in [1.807, 2.05) is 0 Å². The van der Waals surface area contributed by atoms with Crippen molar-refractivity contribution in [2.45, 2.75) is 30.9 Å². The van der Waals surface area contributed by atoms with Gasteiger partial charge in [-0.25, -0.2) is 8.78 Å². The lowest BCUT2D eigenvalue weighted by Gasteiger charge is -2.44. The van der Waals surface area contributed by atoms with Gasteiger partial charge in [-0.2, -0.15) is 0 Å². The van der Waals surface area contributed by atoms with Crippen LogP contribution in [-0.2, 0) is 10.3 Å². The molecule has 1 aliphatic heterocycles. The smallest absolute Gasteiger partial charge is 0.131 e. The molecule has 6 heteroatoms. The summed E-state index contributed by atoms with van der Waals surface area (Å²) in [7, 11) is 0. The summed E-state index contributed by atoms with van der Waals surface area (Å²) in [6.45, 7) is 4.03. The standard InChI is InChI=1S/C17H24F2N2O2/c18-13-2-3-15(16(19)10-13)17(4-1-5-17)20-11-14(22)12-21-6-8-23-9-7-21/h2-3,10,14,20,22H,1,4-9,11-12H2. The highest BCUT2D eigenvalue weighted by atomic mass is 19.1. The van der Waals surface area contributed by atoms with E-state index in [-0.39, 0.29) is 0 Å². The fourth-order valence-electron chi connectivity index (χ4n) is 3.41. The van der Waals surface area contributed by atoms with Crippen LogP contribution in [0.2, 0.25) is 0 Å². The first kappa shape index (κ1) is 16.8. The number of nitrogens with zero attached hydrogens (tertiary/aromatic N) is 1. The predicted molar refractivity (Wildman–Crippen MR) is 83.2 cm³/mol. The van der Waals surface area contributed by atoms with Gasteiger partial charge in [-0.05, 0) is 25.3 Å². The molecule has 3 rings (SSSR count). The summed E-state index contributed by atoms with van der Waals surface area (Å²) in [5, 5.41) is 13.6. The molecule has 0 aromatic heterocycles. The number of halogens is 2. The maximum absolute atomic E-state index is 14.1. The maximum Gasteiger partial charge on any atom is 0.131 e. The van der Waals surface area contributed by atoms with Gasteiger partial charge in [-0.1, -0.05) is 6.07 Å². The van der Waals surface area contributed by atoms with Crippen LogP contribution in [0.3, 0.4) is 0 Å². The molecule has 1 aromatic carbocycles. The molecule has 1 aliphatic carbocycles. The van der Waals surface area contributed by atoms with Crippen molar-refractivity contribution in [3.05, 3.63) is 35.4 Å². The minimum atomic E-state index is -0.562. The Morgan fingerprint density at radius 2 is 2.00 bits per heavy atom. The minimum absolute atomic E-state index is 0.397. The first-order valence-electron chi connectivity index (χ1n) is 8.28. The van der Waals surface area contributed by atoms with Gasteiger partial charge in [0.25, 0.3) is 0 Å². The van der Waals surface area contributed by atoms with Crippen molar-refractivity contribution in [1.82, 2.24) is 10.2 Å². The highest BCUT2D eigenvalue weighted by Gasteiger charge is 2.40. The highest BCUT2D eigenvalue weighted by Crippen LogP contribution is 2.42. The number of β-amino-alcohol motifs (C(OH)–C–C–N with tert-alkyl or cyclic N) is 1. The number of nitrogens with one attached hydrogen (secondary N) is 1. The maximum atomic E-state index is 14.1. The molecule has 1 saturated carbocycles. The average Bonchev–Trinajstić information content (AvgIpc) is 2.49. The van der Waals surface area contributed by atoms with E-state index in [1.54, 1.807) is 0 Å². The third kappa shape index (κ3) is 3.88. The Kier molecular flexibility index (Phi) is 5.26. The number of aliphatic hydroxyl groups is 1. The summed E-state index contributed by atoms with van der Waals surface area (Å²) in [6, 6.07) is 3.75. The lowest BCUT2D eigenvalue weighted by Crippen LogP contribution is -2.53. The fraction of sp³-hybridized carbons (Fsp3) is 0.647. The van der Waals surface area contributed by atoms with Crippen LogP contribution in [0.5, 0.6) is 0 Å². The van der Waals surface area contributed by atoms with Crippen LogP contribution in [0.25, 0.3) is 0 Å². The SMILES string of the molecule is OC(CNC1(c2ccc(F)cc2F)CCC1)CN1CCOCC1. The summed E-state index contributed by atoms with van der Waals surface area (Å²) >= 11 is 0. The molecule has 1 saturated heterocycles. The Labute approximate surface area is 135 Å². The highest BCUT2D eigenvalue weighted by molar-refractivity contribution is 5.29. The van der Waals surface area contributed by atoms with E-state index in [0.717, 1.165) is 38.4 Å². The van der Waals surface area contributed by atoms with E-state index >= 15 is 0 Å². The average molecular weight is 326 g/mol. The predicted octanol–water partition coefficient (Wildman–Crippen LogP) is 1.63. The molecule has 4 nitrogen and oxygen atoms in total. The first-order chi connectivity index (χ1) is 11.1. The monoisotopic (exact) mass is 326 g/mol. The van der Waals surface area contributed by atoms with Crippen LogP contribution in [0.15, 0.2) is 18.2 Å². The van der Waals surface area contributed by atoms with Gasteiger partial charge >= 0.3 is 0 Å². The summed E-state index contributed by atoms with van der Waals surface area (Å²) in [4.78, 5) is 2.17. The molecular formula is C17H24F2N2O2. The fourth-order valence-corrected chi connectivity index (χ4v) is 3.41. The largest absolute Gasteiger partial charge is 0.390 e. The number of hydrogen-bond donors (Lipinski definition) is 2. The molecule has 0 radical (unpaired) electrons. The molecule has 2 fully saturated rings. The van der Waals surface area contributed by atoms with E-state index in [2.05, 4.69) is 10.2 Å². The van der Waals surface area contributed by atoms with Crippen LogP contribution in [-0.4, -0.2) is 55.5 Å². The van der Waals surface area contributed by atoms with Gasteiger partial charge in [0.15, 0.2) is 0 Å². The van der Waals surface area contributed by atoms with Crippen molar-refractivity contribution < 1.29 is 18.6 Å². The summed E-state index contributed by atoms with van der Waals surface area (Å²) in [6.07, 6.45) is 2.09. The van der Waals surface area contributed by atoms with Gasteiger partial charge in [-0.15, -0.1) is 0 Å². The summed E-state index contributed by atoms with van der Waals surface area (Å²) < 4.78 is 32.5. The lowest BCUT2D eigenvalue weighted by atomic mass is 9.71. The number of aliphatic hydroxyl groups excluding tert-OH is 1. The summed E-state index contributed by atoms with van der Waals surface area (Å²) in [5.41, 5.74) is 0.0350. The van der Waals surface area contributed by atoms with Crippen molar-refractivity contribution in [2.24, 2.45) is 0 Å². The Bertz CT molecular complexity index is 531. The Balaban J connectivity index is 1.58. The molecule has 128 valence electrons. The molecule has 1 heterocycles. The van der Waals surface area contributed by atoms with Gasteiger partial charge in [0, 0.05) is 43.3 Å². The van der Waals surface area contributed by atoms with E-state index in [0.29, 0.717) is 31.9 Å². The second-order valence-corrected chi connectivity index (χ2v) is 6.51. The van der Waals surface area contributed by atoms with Crippen LogP contribution in [0.4, 0.5) is 8.78 Å². The van der Waals surface area contributed by atoms with Crippen LogP contribution in [0.1, 0.15) is 24.8 Å². The van der Waals surface area contributed by atoms with E-state index < -0.39 is 23.3 Å². The molecule has 2 aliphatic rings. The van der Waals surface area contributed by atoms with Crippen LogP contribution < -0.4 is 5.32 Å². The van der Waals surface area contributed by atoms with Crippen molar-refractivity contribution in [2.75, 3.05) is 39.4 Å². The van der Waals surface area contributed by atoms with E-state index in [1.165, 1.54) is 12.1 Å². The third-order valence-electron chi connectivity index (χ3n) is 4.90. The number of benzene rings is 1. The lowest BCUT2D eigenvalue weighted by molar-refractivity contribution is 0.0115. The zero-order valence-corrected chi connectivity index (χ0v) is 13.2. The zero-order valence-electron chi connectivity index (χ0n) is 13.2. The summed E-state index contributed by atoms with van der Waals surface area (Å²) in [5.74, 6) is -1.08. The van der Waals surface area contributed by atoms with Crippen molar-refractivity contribution in [3.63, 3.8) is 0 Å². The number of morpholine rings is 1. The Morgan fingerprint density at radius 3 is 2.61 bits per heavy atom. The molecule has 2 N–H and O–H groups in total. The van der Waals surface area contributed by atoms with Gasteiger partial charge in [0.2, 0.25) is 0 Å². The van der Waals surface area contributed by atoms with Crippen LogP contribution in [0, 0.1) is 11.6 Å². The van der Waals surface area contributed by atoms with Gasteiger partial charge in [-0.3, -0.25) is 4.90 Å². The normalized spacial score (nSPS) is 22.6. The Morgan fingerprint density at radius 1 is 1.26 bits per heavy atom. The first-order valence-corrected chi connectivity index (χ1v) is 8.28. The molecule has 1 atom stereocenters. The van der Waals surface area contributed by atoms with Crippen molar-refractivity contribution >= 4 is 0 Å². The molecule has 23 heavy (non-hydrogen) atoms.